The highest BCUT2D eigenvalue weighted by molar-refractivity contribution is 5.76. The van der Waals surface area contributed by atoms with Gasteiger partial charge in [-0.2, -0.15) is 0 Å². The van der Waals surface area contributed by atoms with Crippen molar-refractivity contribution in [2.45, 2.75) is 6.92 Å². The van der Waals surface area contributed by atoms with E-state index in [-0.39, 0.29) is 24.0 Å². The van der Waals surface area contributed by atoms with Gasteiger partial charge in [0.05, 0.1) is 0 Å². The minimum absolute atomic E-state index is 0. The lowest BCUT2D eigenvalue weighted by Gasteiger charge is -1.91. The Kier molecular flexibility index (Phi) is 3.65. The molecule has 0 saturated carbocycles. The fraction of sp³-hybridized carbons (Fsp3) is 0.143. The van der Waals surface area contributed by atoms with Crippen LogP contribution in [0.3, 0.4) is 0 Å². The lowest BCUT2D eigenvalue weighted by Crippen LogP contribution is -3.00. The minimum Gasteiger partial charge on any atom is -1.00 e. The van der Waals surface area contributed by atoms with E-state index in [2.05, 4.69) is 4.98 Å². The molecule has 0 fully saturated rings. The first kappa shape index (κ1) is 13.0. The Morgan fingerprint density at radius 2 is 2.06 bits per heavy atom. The van der Waals surface area contributed by atoms with Crippen LogP contribution in [0.5, 0.6) is 0 Å². The summed E-state index contributed by atoms with van der Waals surface area (Å²) in [5.41, 5.74) is 3.91. The number of oxazole rings is 1. The summed E-state index contributed by atoms with van der Waals surface area (Å²) < 4.78 is 7.75. The van der Waals surface area contributed by atoms with Crippen molar-refractivity contribution in [2.75, 3.05) is 0 Å². The summed E-state index contributed by atoms with van der Waals surface area (Å²) in [6, 6.07) is 10.0. The van der Waals surface area contributed by atoms with E-state index in [0.29, 0.717) is 5.89 Å². The SMILES string of the molecule is Cc1ccc2nc(-c3ccc[n+](C)c3)oc2c1.[I-]. The first-order valence-corrected chi connectivity index (χ1v) is 5.55. The molecule has 0 amide bonds. The average molecular weight is 352 g/mol. The molecule has 0 unspecified atom stereocenters. The van der Waals surface area contributed by atoms with E-state index in [4.69, 9.17) is 4.42 Å². The van der Waals surface area contributed by atoms with Crippen LogP contribution in [0.4, 0.5) is 0 Å². The highest BCUT2D eigenvalue weighted by atomic mass is 127. The van der Waals surface area contributed by atoms with Crippen molar-refractivity contribution < 1.29 is 33.0 Å². The average Bonchev–Trinajstić information content (AvgIpc) is 2.72. The Morgan fingerprint density at radius 1 is 1.22 bits per heavy atom. The van der Waals surface area contributed by atoms with Crippen LogP contribution in [0.15, 0.2) is 47.1 Å². The maximum absolute atomic E-state index is 5.77. The Bertz CT molecular complexity index is 691. The third kappa shape index (κ3) is 2.38. The van der Waals surface area contributed by atoms with Gasteiger partial charge < -0.3 is 28.4 Å². The molecule has 3 rings (SSSR count). The molecule has 2 heterocycles. The molecular weight excluding hydrogens is 339 g/mol. The summed E-state index contributed by atoms with van der Waals surface area (Å²) in [6.07, 6.45) is 3.98. The lowest BCUT2D eigenvalue weighted by molar-refractivity contribution is -0.671. The zero-order valence-electron chi connectivity index (χ0n) is 10.2. The quantitative estimate of drug-likeness (QED) is 0.442. The Balaban J connectivity index is 0.00000120. The largest absolute Gasteiger partial charge is 1.00 e. The maximum atomic E-state index is 5.77. The molecule has 0 bridgehead atoms. The Labute approximate surface area is 122 Å². The number of nitrogens with zero attached hydrogens (tertiary/aromatic N) is 2. The molecule has 18 heavy (non-hydrogen) atoms. The number of aromatic nitrogens is 2. The number of benzene rings is 1. The summed E-state index contributed by atoms with van der Waals surface area (Å²) in [6.45, 7) is 2.05. The molecule has 92 valence electrons. The van der Waals surface area contributed by atoms with Crippen LogP contribution in [0.1, 0.15) is 5.56 Å². The molecule has 0 radical (unpaired) electrons. The van der Waals surface area contributed by atoms with E-state index in [9.17, 15) is 0 Å². The van der Waals surface area contributed by atoms with Crippen LogP contribution in [0.25, 0.3) is 22.6 Å². The number of pyridine rings is 1. The molecule has 0 N–H and O–H groups in total. The molecule has 0 aliphatic heterocycles. The number of halogens is 1. The first-order chi connectivity index (χ1) is 8.22. The zero-order chi connectivity index (χ0) is 11.8. The predicted octanol–water partition coefficient (Wildman–Crippen LogP) is -0.368. The van der Waals surface area contributed by atoms with Crippen molar-refractivity contribution >= 4 is 11.1 Å². The van der Waals surface area contributed by atoms with Crippen molar-refractivity contribution in [1.29, 1.82) is 0 Å². The summed E-state index contributed by atoms with van der Waals surface area (Å²) in [4.78, 5) is 4.49. The standard InChI is InChI=1S/C14H13N2O.HI/c1-10-5-6-12-13(8-10)17-14(15-12)11-4-3-7-16(2)9-11;/h3-9H,1-2H3;1H/q+1;/p-1. The Hall–Kier alpha value is -1.43. The van der Waals surface area contributed by atoms with E-state index in [1.165, 1.54) is 5.56 Å². The molecule has 3 aromatic rings. The molecule has 0 aliphatic carbocycles. The van der Waals surface area contributed by atoms with E-state index in [1.54, 1.807) is 0 Å². The van der Waals surface area contributed by atoms with Gasteiger partial charge in [0.15, 0.2) is 18.0 Å². The highest BCUT2D eigenvalue weighted by Crippen LogP contribution is 2.23. The fourth-order valence-electron chi connectivity index (χ4n) is 1.87. The van der Waals surface area contributed by atoms with Gasteiger partial charge in [0, 0.05) is 6.07 Å². The van der Waals surface area contributed by atoms with Crippen molar-refractivity contribution in [3.05, 3.63) is 48.3 Å². The van der Waals surface area contributed by atoms with Crippen molar-refractivity contribution in [3.63, 3.8) is 0 Å². The van der Waals surface area contributed by atoms with Gasteiger partial charge >= 0.3 is 0 Å². The van der Waals surface area contributed by atoms with Crippen LogP contribution in [0, 0.1) is 6.92 Å². The molecule has 4 heteroatoms. The second kappa shape index (κ2) is 5.06. The van der Waals surface area contributed by atoms with Crippen molar-refractivity contribution in [1.82, 2.24) is 4.98 Å². The van der Waals surface area contributed by atoms with E-state index in [0.717, 1.165) is 16.7 Å². The summed E-state index contributed by atoms with van der Waals surface area (Å²) in [5.74, 6) is 0.668. The summed E-state index contributed by atoms with van der Waals surface area (Å²) in [7, 11) is 1.98. The first-order valence-electron chi connectivity index (χ1n) is 5.55. The molecular formula is C14H13IN2O. The fourth-order valence-corrected chi connectivity index (χ4v) is 1.87. The summed E-state index contributed by atoms with van der Waals surface area (Å²) in [5, 5.41) is 0. The molecule has 0 spiro atoms. The predicted molar refractivity (Wildman–Crippen MR) is 65.4 cm³/mol. The van der Waals surface area contributed by atoms with Gasteiger partial charge in [0.2, 0.25) is 5.89 Å². The van der Waals surface area contributed by atoms with Crippen LogP contribution < -0.4 is 28.5 Å². The smallest absolute Gasteiger partial charge is 0.233 e. The topological polar surface area (TPSA) is 29.9 Å². The number of fused-ring (bicyclic) bond motifs is 1. The van der Waals surface area contributed by atoms with Crippen LogP contribution >= 0.6 is 0 Å². The van der Waals surface area contributed by atoms with Gasteiger partial charge in [-0.25, -0.2) is 9.55 Å². The van der Waals surface area contributed by atoms with Gasteiger partial charge in [0.1, 0.15) is 18.1 Å². The monoisotopic (exact) mass is 352 g/mol. The third-order valence-electron chi connectivity index (χ3n) is 2.73. The molecule has 0 atom stereocenters. The molecule has 0 aliphatic rings. The molecule has 2 aromatic heterocycles. The second-order valence-corrected chi connectivity index (χ2v) is 4.25. The van der Waals surface area contributed by atoms with Crippen LogP contribution in [-0.2, 0) is 7.05 Å². The number of hydrogen-bond acceptors (Lipinski definition) is 2. The maximum Gasteiger partial charge on any atom is 0.233 e. The molecule has 0 saturated heterocycles. The Morgan fingerprint density at radius 3 is 2.83 bits per heavy atom. The van der Waals surface area contributed by atoms with Gasteiger partial charge in [0.25, 0.3) is 0 Å². The lowest BCUT2D eigenvalue weighted by atomic mass is 10.2. The van der Waals surface area contributed by atoms with Gasteiger partial charge in [-0.15, -0.1) is 0 Å². The van der Waals surface area contributed by atoms with Crippen LogP contribution in [0.2, 0.25) is 0 Å². The van der Waals surface area contributed by atoms with E-state index >= 15 is 0 Å². The van der Waals surface area contributed by atoms with Gasteiger partial charge in [-0.3, -0.25) is 0 Å². The van der Waals surface area contributed by atoms with E-state index < -0.39 is 0 Å². The zero-order valence-corrected chi connectivity index (χ0v) is 12.4. The highest BCUT2D eigenvalue weighted by Gasteiger charge is 2.10. The number of aryl methyl sites for hydroxylation is 2. The second-order valence-electron chi connectivity index (χ2n) is 4.25. The van der Waals surface area contributed by atoms with Gasteiger partial charge in [-0.05, 0) is 30.7 Å². The summed E-state index contributed by atoms with van der Waals surface area (Å²) >= 11 is 0. The van der Waals surface area contributed by atoms with E-state index in [1.807, 2.05) is 61.3 Å². The molecule has 1 aromatic carbocycles. The van der Waals surface area contributed by atoms with Crippen molar-refractivity contribution in [3.8, 4) is 11.5 Å². The van der Waals surface area contributed by atoms with Crippen LogP contribution in [-0.4, -0.2) is 4.98 Å². The third-order valence-corrected chi connectivity index (χ3v) is 2.73. The normalized spacial score (nSPS) is 10.3. The minimum atomic E-state index is 0. The number of rotatable bonds is 1. The molecule has 3 nitrogen and oxygen atoms in total. The van der Waals surface area contributed by atoms with Crippen molar-refractivity contribution in [2.24, 2.45) is 7.05 Å². The van der Waals surface area contributed by atoms with Gasteiger partial charge in [-0.1, -0.05) is 6.07 Å². The number of hydrogen-bond donors (Lipinski definition) is 0.